The molecule has 1 amide bonds. The van der Waals surface area contributed by atoms with E-state index in [4.69, 9.17) is 16.3 Å². The fourth-order valence-electron chi connectivity index (χ4n) is 3.18. The van der Waals surface area contributed by atoms with Crippen LogP contribution in [0, 0.1) is 0 Å². The van der Waals surface area contributed by atoms with E-state index in [-0.39, 0.29) is 17.3 Å². The zero-order valence-electron chi connectivity index (χ0n) is 17.7. The van der Waals surface area contributed by atoms with Crippen molar-refractivity contribution in [3.63, 3.8) is 0 Å². The highest BCUT2D eigenvalue weighted by Crippen LogP contribution is 2.25. The Balaban J connectivity index is 1.66. The first-order valence-corrected chi connectivity index (χ1v) is 11.9. The number of anilines is 1. The van der Waals surface area contributed by atoms with Crippen molar-refractivity contribution >= 4 is 33.2 Å². The fourth-order valence-corrected chi connectivity index (χ4v) is 4.74. The SMILES string of the molecule is COc1cccc(CCCNC(=O)CN(c2ccc(Cl)cc2)S(=O)(=O)c2ccccc2)c1. The number of ether oxygens (including phenoxy) is 1. The quantitative estimate of drug-likeness (QED) is 0.446. The van der Waals surface area contributed by atoms with Gasteiger partial charge in [-0.1, -0.05) is 41.9 Å². The number of amides is 1. The van der Waals surface area contributed by atoms with Gasteiger partial charge in [0.15, 0.2) is 0 Å². The second-order valence-corrected chi connectivity index (χ2v) is 9.40. The van der Waals surface area contributed by atoms with Gasteiger partial charge < -0.3 is 10.1 Å². The minimum atomic E-state index is -3.93. The number of carbonyl (C=O) groups excluding carboxylic acids is 1. The molecule has 0 heterocycles. The number of carbonyl (C=O) groups is 1. The van der Waals surface area contributed by atoms with Gasteiger partial charge in [-0.15, -0.1) is 0 Å². The fraction of sp³-hybridized carbons (Fsp3) is 0.208. The lowest BCUT2D eigenvalue weighted by Crippen LogP contribution is -2.41. The number of benzene rings is 3. The predicted molar refractivity (Wildman–Crippen MR) is 127 cm³/mol. The molecule has 3 rings (SSSR count). The molecule has 0 bridgehead atoms. The Morgan fingerprint density at radius 2 is 1.72 bits per heavy atom. The van der Waals surface area contributed by atoms with Crippen molar-refractivity contribution in [2.45, 2.75) is 17.7 Å². The molecule has 3 aromatic rings. The molecule has 0 aliphatic rings. The molecule has 0 atom stereocenters. The molecule has 0 saturated carbocycles. The lowest BCUT2D eigenvalue weighted by molar-refractivity contribution is -0.119. The van der Waals surface area contributed by atoms with E-state index in [1.54, 1.807) is 49.6 Å². The Morgan fingerprint density at radius 3 is 2.41 bits per heavy atom. The number of halogens is 1. The van der Waals surface area contributed by atoms with Gasteiger partial charge in [0.25, 0.3) is 10.0 Å². The van der Waals surface area contributed by atoms with Crippen LogP contribution in [0.2, 0.25) is 5.02 Å². The zero-order valence-corrected chi connectivity index (χ0v) is 19.3. The summed E-state index contributed by atoms with van der Waals surface area (Å²) < 4.78 is 32.8. The van der Waals surface area contributed by atoms with Crippen molar-refractivity contribution in [2.24, 2.45) is 0 Å². The van der Waals surface area contributed by atoms with E-state index in [1.807, 2.05) is 24.3 Å². The minimum Gasteiger partial charge on any atom is -0.497 e. The third-order valence-corrected chi connectivity index (χ3v) is 6.87. The highest BCUT2D eigenvalue weighted by molar-refractivity contribution is 7.92. The van der Waals surface area contributed by atoms with Gasteiger partial charge in [0.1, 0.15) is 12.3 Å². The van der Waals surface area contributed by atoms with E-state index in [1.165, 1.54) is 12.1 Å². The third kappa shape index (κ3) is 6.24. The van der Waals surface area contributed by atoms with Gasteiger partial charge in [0.05, 0.1) is 17.7 Å². The van der Waals surface area contributed by atoms with Gasteiger partial charge in [0.2, 0.25) is 5.91 Å². The van der Waals surface area contributed by atoms with E-state index < -0.39 is 10.0 Å². The van der Waals surface area contributed by atoms with Crippen molar-refractivity contribution in [1.82, 2.24) is 5.32 Å². The van der Waals surface area contributed by atoms with Gasteiger partial charge >= 0.3 is 0 Å². The predicted octanol–water partition coefficient (Wildman–Crippen LogP) is 4.29. The van der Waals surface area contributed by atoms with Crippen LogP contribution in [0.1, 0.15) is 12.0 Å². The van der Waals surface area contributed by atoms with E-state index in [9.17, 15) is 13.2 Å². The second kappa shape index (κ2) is 11.0. The van der Waals surface area contributed by atoms with Gasteiger partial charge in [-0.25, -0.2) is 8.42 Å². The van der Waals surface area contributed by atoms with Crippen LogP contribution in [0.5, 0.6) is 5.75 Å². The van der Waals surface area contributed by atoms with Crippen LogP contribution in [-0.2, 0) is 21.2 Å². The molecule has 8 heteroatoms. The molecule has 0 unspecified atom stereocenters. The lowest BCUT2D eigenvalue weighted by Gasteiger charge is -2.24. The third-order valence-electron chi connectivity index (χ3n) is 4.83. The Labute approximate surface area is 193 Å². The topological polar surface area (TPSA) is 75.7 Å². The maximum absolute atomic E-state index is 13.2. The molecule has 168 valence electrons. The first-order valence-electron chi connectivity index (χ1n) is 10.1. The van der Waals surface area contributed by atoms with Crippen LogP contribution < -0.4 is 14.4 Å². The number of aryl methyl sites for hydroxylation is 1. The van der Waals surface area contributed by atoms with Crippen LogP contribution >= 0.6 is 11.6 Å². The molecule has 0 fully saturated rings. The number of rotatable bonds is 10. The smallest absolute Gasteiger partial charge is 0.264 e. The Morgan fingerprint density at radius 1 is 1.00 bits per heavy atom. The van der Waals surface area contributed by atoms with Crippen molar-refractivity contribution in [1.29, 1.82) is 0 Å². The van der Waals surface area contributed by atoms with E-state index in [2.05, 4.69) is 5.32 Å². The van der Waals surface area contributed by atoms with Gasteiger partial charge in [-0.2, -0.15) is 0 Å². The molecule has 0 aliphatic heterocycles. The normalized spacial score (nSPS) is 11.1. The Bertz CT molecular complexity index is 1140. The highest BCUT2D eigenvalue weighted by Gasteiger charge is 2.26. The molecular weight excluding hydrogens is 448 g/mol. The summed E-state index contributed by atoms with van der Waals surface area (Å²) in [6.07, 6.45) is 1.48. The van der Waals surface area contributed by atoms with Crippen molar-refractivity contribution in [3.05, 3.63) is 89.4 Å². The first kappa shape index (κ1) is 23.6. The van der Waals surface area contributed by atoms with Gasteiger partial charge in [0, 0.05) is 11.6 Å². The minimum absolute atomic E-state index is 0.112. The molecule has 0 aliphatic carbocycles. The maximum atomic E-state index is 13.2. The molecule has 6 nitrogen and oxygen atoms in total. The van der Waals surface area contributed by atoms with E-state index in [0.29, 0.717) is 23.7 Å². The zero-order chi connectivity index (χ0) is 23.0. The Hall–Kier alpha value is -3.03. The van der Waals surface area contributed by atoms with E-state index in [0.717, 1.165) is 22.0 Å². The number of nitrogens with one attached hydrogen (secondary N) is 1. The lowest BCUT2D eigenvalue weighted by atomic mass is 10.1. The molecular formula is C24H25ClN2O4S. The summed E-state index contributed by atoms with van der Waals surface area (Å²) >= 11 is 5.95. The highest BCUT2D eigenvalue weighted by atomic mass is 35.5. The number of sulfonamides is 1. The monoisotopic (exact) mass is 472 g/mol. The van der Waals surface area contributed by atoms with Crippen LogP contribution in [0.15, 0.2) is 83.8 Å². The molecule has 0 radical (unpaired) electrons. The van der Waals surface area contributed by atoms with Crippen LogP contribution in [0.3, 0.4) is 0 Å². The molecule has 3 aromatic carbocycles. The number of methoxy groups -OCH3 is 1. The number of hydrogen-bond acceptors (Lipinski definition) is 4. The van der Waals surface area contributed by atoms with Crippen molar-refractivity contribution in [3.8, 4) is 5.75 Å². The standard InChI is InChI=1S/C24H25ClN2O4S/c1-31-22-9-5-7-19(17-22)8-6-16-26-24(28)18-27(21-14-12-20(25)13-15-21)32(29,30)23-10-3-2-4-11-23/h2-5,7,9-15,17H,6,8,16,18H2,1H3,(H,26,28). The van der Waals surface area contributed by atoms with Crippen molar-refractivity contribution in [2.75, 3.05) is 24.5 Å². The number of hydrogen-bond donors (Lipinski definition) is 1. The molecule has 0 aromatic heterocycles. The van der Waals surface area contributed by atoms with E-state index >= 15 is 0 Å². The molecule has 0 spiro atoms. The average molecular weight is 473 g/mol. The van der Waals surface area contributed by atoms with Gasteiger partial charge in [-0.3, -0.25) is 9.10 Å². The maximum Gasteiger partial charge on any atom is 0.264 e. The molecule has 32 heavy (non-hydrogen) atoms. The van der Waals surface area contributed by atoms with Crippen LogP contribution in [0.25, 0.3) is 0 Å². The van der Waals surface area contributed by atoms with Crippen molar-refractivity contribution < 1.29 is 17.9 Å². The summed E-state index contributed by atoms with van der Waals surface area (Å²) in [4.78, 5) is 12.7. The summed E-state index contributed by atoms with van der Waals surface area (Å²) in [5.41, 5.74) is 1.47. The average Bonchev–Trinajstić information content (AvgIpc) is 2.81. The van der Waals surface area contributed by atoms with Gasteiger partial charge in [-0.05, 0) is 66.9 Å². The second-order valence-electron chi connectivity index (χ2n) is 7.11. The van der Waals surface area contributed by atoms with Crippen LogP contribution in [-0.4, -0.2) is 34.5 Å². The molecule has 1 N–H and O–H groups in total. The first-order chi connectivity index (χ1) is 15.4. The van der Waals surface area contributed by atoms with Crippen LogP contribution in [0.4, 0.5) is 5.69 Å². The number of nitrogens with zero attached hydrogens (tertiary/aromatic N) is 1. The summed E-state index contributed by atoms with van der Waals surface area (Å²) in [5.74, 6) is 0.404. The summed E-state index contributed by atoms with van der Waals surface area (Å²) in [6.45, 7) is 0.0912. The summed E-state index contributed by atoms with van der Waals surface area (Å²) in [7, 11) is -2.31. The Kier molecular flexibility index (Phi) is 8.14. The summed E-state index contributed by atoms with van der Waals surface area (Å²) in [5, 5.41) is 3.29. The molecule has 0 saturated heterocycles. The summed E-state index contributed by atoms with van der Waals surface area (Å²) in [6, 6.07) is 22.1. The largest absolute Gasteiger partial charge is 0.497 e.